The van der Waals surface area contributed by atoms with Gasteiger partial charge in [0.25, 0.3) is 0 Å². The van der Waals surface area contributed by atoms with E-state index in [2.05, 4.69) is 20.8 Å². The number of fused-ring (bicyclic) bond motifs is 1. The zero-order chi connectivity index (χ0) is 17.5. The van der Waals surface area contributed by atoms with E-state index in [9.17, 15) is 9.59 Å². The van der Waals surface area contributed by atoms with Crippen molar-refractivity contribution in [3.05, 3.63) is 0 Å². The number of carbonyl (C=O) groups excluding carboxylic acids is 2. The number of likely N-dealkylation sites (N-methyl/N-ethyl adjacent to an activating group) is 2. The fourth-order valence-electron chi connectivity index (χ4n) is 3.79. The molecule has 0 aromatic carbocycles. The van der Waals surface area contributed by atoms with Crippen LogP contribution in [0.3, 0.4) is 0 Å². The van der Waals surface area contributed by atoms with E-state index >= 15 is 0 Å². The predicted molar refractivity (Wildman–Crippen MR) is 90.9 cm³/mol. The molecule has 2 saturated heterocycles. The van der Waals surface area contributed by atoms with E-state index in [-0.39, 0.29) is 36.5 Å². The van der Waals surface area contributed by atoms with Crippen molar-refractivity contribution in [3.8, 4) is 0 Å². The Hall–Kier alpha value is -1.46. The third-order valence-corrected chi connectivity index (χ3v) is 5.08. The molecule has 4 amide bonds. The molecule has 0 aliphatic carbocycles. The lowest BCUT2D eigenvalue weighted by Gasteiger charge is -2.33. The van der Waals surface area contributed by atoms with Crippen LogP contribution in [-0.2, 0) is 0 Å². The molecule has 0 N–H and O–H groups in total. The molecule has 0 aromatic heterocycles. The minimum Gasteiger partial charge on any atom is -0.303 e. The van der Waals surface area contributed by atoms with Crippen LogP contribution in [-0.4, -0.2) is 69.7 Å². The molecule has 2 aliphatic rings. The Morgan fingerprint density at radius 2 is 1.52 bits per heavy atom. The molecule has 0 bridgehead atoms. The highest BCUT2D eigenvalue weighted by atomic mass is 16.2. The summed E-state index contributed by atoms with van der Waals surface area (Å²) in [6, 6.07) is 0.282. The molecule has 2 unspecified atom stereocenters. The maximum absolute atomic E-state index is 13.0. The van der Waals surface area contributed by atoms with Gasteiger partial charge in [0.05, 0.1) is 0 Å². The van der Waals surface area contributed by atoms with Crippen LogP contribution in [0.25, 0.3) is 0 Å². The number of hydrogen-bond acceptors (Lipinski definition) is 2. The van der Waals surface area contributed by atoms with Crippen LogP contribution in [0.2, 0.25) is 0 Å². The summed E-state index contributed by atoms with van der Waals surface area (Å²) in [6.07, 6.45) is 1.69. The number of nitrogens with zero attached hydrogens (tertiary/aromatic N) is 4. The van der Waals surface area contributed by atoms with Crippen molar-refractivity contribution >= 4 is 12.1 Å². The molecule has 23 heavy (non-hydrogen) atoms. The van der Waals surface area contributed by atoms with Crippen molar-refractivity contribution in [1.29, 1.82) is 0 Å². The van der Waals surface area contributed by atoms with Crippen molar-refractivity contribution in [2.45, 2.75) is 78.8 Å². The molecule has 0 radical (unpaired) electrons. The van der Waals surface area contributed by atoms with Crippen molar-refractivity contribution in [2.24, 2.45) is 5.92 Å². The Morgan fingerprint density at radius 3 is 2.00 bits per heavy atom. The molecular formula is C17H32N4O2. The Bertz CT molecular complexity index is 466. The minimum atomic E-state index is -0.184. The van der Waals surface area contributed by atoms with Gasteiger partial charge in [0, 0.05) is 25.7 Å². The van der Waals surface area contributed by atoms with Crippen LogP contribution in [0.4, 0.5) is 9.59 Å². The molecular weight excluding hydrogens is 292 g/mol. The second-order valence-corrected chi connectivity index (χ2v) is 7.52. The van der Waals surface area contributed by atoms with E-state index in [1.54, 1.807) is 11.9 Å². The molecule has 2 fully saturated rings. The summed E-state index contributed by atoms with van der Waals surface area (Å²) >= 11 is 0. The maximum atomic E-state index is 13.0. The molecule has 0 aromatic rings. The summed E-state index contributed by atoms with van der Waals surface area (Å²) < 4.78 is 0. The van der Waals surface area contributed by atoms with Crippen LogP contribution >= 0.6 is 0 Å². The molecule has 2 aliphatic heterocycles. The molecule has 2 heterocycles. The number of rotatable bonds is 6. The van der Waals surface area contributed by atoms with Crippen molar-refractivity contribution in [3.63, 3.8) is 0 Å². The van der Waals surface area contributed by atoms with Gasteiger partial charge in [-0.15, -0.1) is 0 Å². The third-order valence-electron chi connectivity index (χ3n) is 5.08. The molecule has 2 rings (SSSR count). The molecule has 6 heteroatoms. The third kappa shape index (κ3) is 2.88. The largest absolute Gasteiger partial charge is 0.324 e. The van der Waals surface area contributed by atoms with Crippen LogP contribution in [0.1, 0.15) is 54.4 Å². The fourth-order valence-corrected chi connectivity index (χ4v) is 3.79. The normalized spacial score (nSPS) is 26.1. The summed E-state index contributed by atoms with van der Waals surface area (Å²) in [5.41, 5.74) is 0. The van der Waals surface area contributed by atoms with Crippen molar-refractivity contribution in [2.75, 3.05) is 13.6 Å². The van der Waals surface area contributed by atoms with Gasteiger partial charge in [-0.05, 0) is 46.5 Å². The first-order chi connectivity index (χ1) is 10.7. The summed E-state index contributed by atoms with van der Waals surface area (Å²) in [5, 5.41) is 0. The number of amides is 4. The number of hydrogen-bond donors (Lipinski definition) is 0. The van der Waals surface area contributed by atoms with Crippen LogP contribution < -0.4 is 0 Å². The van der Waals surface area contributed by atoms with Crippen LogP contribution in [0.15, 0.2) is 0 Å². The van der Waals surface area contributed by atoms with E-state index in [1.165, 1.54) is 0 Å². The highest BCUT2D eigenvalue weighted by molar-refractivity contribution is 5.85. The second-order valence-electron chi connectivity index (χ2n) is 7.52. The zero-order valence-corrected chi connectivity index (χ0v) is 15.6. The second kappa shape index (κ2) is 6.57. The van der Waals surface area contributed by atoms with E-state index in [0.29, 0.717) is 12.5 Å². The minimum absolute atomic E-state index is 0.0155. The van der Waals surface area contributed by atoms with Crippen molar-refractivity contribution in [1.82, 2.24) is 19.6 Å². The monoisotopic (exact) mass is 324 g/mol. The quantitative estimate of drug-likeness (QED) is 0.754. The summed E-state index contributed by atoms with van der Waals surface area (Å²) in [6.45, 7) is 13.1. The SMILES string of the molecule is CCN1C(=O)N(C)C2C1N([C@@H](C)CCC(C)C)C(=O)N2C(C)C. The lowest BCUT2D eigenvalue weighted by Crippen LogP contribution is -2.50. The highest BCUT2D eigenvalue weighted by Crippen LogP contribution is 2.37. The van der Waals surface area contributed by atoms with Gasteiger partial charge in [0.2, 0.25) is 0 Å². The topological polar surface area (TPSA) is 47.1 Å². The highest BCUT2D eigenvalue weighted by Gasteiger charge is 2.59. The first-order valence-corrected chi connectivity index (χ1v) is 8.86. The molecule has 0 saturated carbocycles. The first kappa shape index (κ1) is 17.9. The summed E-state index contributed by atoms with van der Waals surface area (Å²) in [7, 11) is 1.81. The lowest BCUT2D eigenvalue weighted by molar-refractivity contribution is 0.101. The lowest BCUT2D eigenvalue weighted by atomic mass is 10.0. The maximum Gasteiger partial charge on any atom is 0.324 e. The Balaban J connectivity index is 2.33. The van der Waals surface area contributed by atoms with Crippen LogP contribution in [0.5, 0.6) is 0 Å². The average molecular weight is 324 g/mol. The Labute approximate surface area is 140 Å². The fraction of sp³-hybridized carbons (Fsp3) is 0.882. The van der Waals surface area contributed by atoms with Crippen LogP contribution in [0, 0.1) is 5.92 Å². The Kier molecular flexibility index (Phi) is 5.11. The van der Waals surface area contributed by atoms with Gasteiger partial charge in [-0.1, -0.05) is 13.8 Å². The first-order valence-electron chi connectivity index (χ1n) is 8.86. The summed E-state index contributed by atoms with van der Waals surface area (Å²) in [5.74, 6) is 0.613. The van der Waals surface area contributed by atoms with E-state index in [0.717, 1.165) is 12.8 Å². The van der Waals surface area contributed by atoms with E-state index in [4.69, 9.17) is 0 Å². The molecule has 3 atom stereocenters. The van der Waals surface area contributed by atoms with Gasteiger partial charge in [0.1, 0.15) is 12.3 Å². The van der Waals surface area contributed by atoms with Crippen molar-refractivity contribution < 1.29 is 9.59 Å². The van der Waals surface area contributed by atoms with E-state index in [1.807, 2.05) is 35.5 Å². The summed E-state index contributed by atoms with van der Waals surface area (Å²) in [4.78, 5) is 33.0. The molecule has 6 nitrogen and oxygen atoms in total. The van der Waals surface area contributed by atoms with Gasteiger partial charge in [0.15, 0.2) is 0 Å². The average Bonchev–Trinajstić information content (AvgIpc) is 2.89. The smallest absolute Gasteiger partial charge is 0.303 e. The standard InChI is InChI=1S/C17H32N4O2/c1-8-19-15-14(18(7)16(19)22)20(12(4)5)17(23)21(15)13(6)10-9-11(2)3/h11-15H,8-10H2,1-7H3/t13-,14?,15?/m0/s1. The van der Waals surface area contributed by atoms with Gasteiger partial charge >= 0.3 is 12.1 Å². The zero-order valence-electron chi connectivity index (χ0n) is 15.6. The van der Waals surface area contributed by atoms with Gasteiger partial charge in [-0.25, -0.2) is 9.59 Å². The van der Waals surface area contributed by atoms with Gasteiger partial charge in [-0.2, -0.15) is 0 Å². The predicted octanol–water partition coefficient (Wildman–Crippen LogP) is 3.00. The molecule has 132 valence electrons. The van der Waals surface area contributed by atoms with E-state index < -0.39 is 0 Å². The molecule has 0 spiro atoms. The van der Waals surface area contributed by atoms with Gasteiger partial charge < -0.3 is 9.80 Å². The number of carbonyl (C=O) groups is 2. The number of urea groups is 2. The Morgan fingerprint density at radius 1 is 0.913 bits per heavy atom. The van der Waals surface area contributed by atoms with Gasteiger partial charge in [-0.3, -0.25) is 9.80 Å².